The highest BCUT2D eigenvalue weighted by molar-refractivity contribution is 7.10. The zero-order chi connectivity index (χ0) is 20.4. The summed E-state index contributed by atoms with van der Waals surface area (Å²) in [5.74, 6) is 0.0513. The summed E-state index contributed by atoms with van der Waals surface area (Å²) < 4.78 is 0. The van der Waals surface area contributed by atoms with Gasteiger partial charge in [-0.05, 0) is 41.8 Å². The Balaban J connectivity index is 1.76. The van der Waals surface area contributed by atoms with E-state index in [2.05, 4.69) is 25.2 Å². The molecule has 1 saturated carbocycles. The summed E-state index contributed by atoms with van der Waals surface area (Å²) >= 11 is 1.63. The van der Waals surface area contributed by atoms with Crippen LogP contribution in [0.15, 0.2) is 41.8 Å². The van der Waals surface area contributed by atoms with Gasteiger partial charge in [0.15, 0.2) is 0 Å². The maximum Gasteiger partial charge on any atom is 0.254 e. The number of thiophene rings is 1. The van der Waals surface area contributed by atoms with Gasteiger partial charge < -0.3 is 10.2 Å². The first-order valence-corrected chi connectivity index (χ1v) is 11.7. The molecule has 2 aliphatic rings. The molecule has 29 heavy (non-hydrogen) atoms. The molecular formula is C24H30N2O2S. The molecule has 1 N–H and O–H groups in total. The van der Waals surface area contributed by atoms with Gasteiger partial charge in [-0.15, -0.1) is 11.3 Å². The standard InChI is InChI=1S/C24H30N2O2S/c1-16(2)15-26-22(20-13-8-14-29-20)21(18-11-6-7-12-19(18)24(26)28)23(27)25-17-9-4-3-5-10-17/h6-8,11-14,16-17,21-22H,3-5,9-10,15H2,1-2H3,(H,25,27). The number of nitrogens with one attached hydrogen (secondary N) is 1. The van der Waals surface area contributed by atoms with Crippen LogP contribution in [-0.4, -0.2) is 29.3 Å². The fourth-order valence-corrected chi connectivity index (χ4v) is 5.66. The van der Waals surface area contributed by atoms with Gasteiger partial charge >= 0.3 is 0 Å². The first-order valence-electron chi connectivity index (χ1n) is 10.8. The van der Waals surface area contributed by atoms with Crippen LogP contribution in [0.3, 0.4) is 0 Å². The van der Waals surface area contributed by atoms with Crippen LogP contribution in [-0.2, 0) is 4.79 Å². The predicted molar refractivity (Wildman–Crippen MR) is 117 cm³/mol. The minimum absolute atomic E-state index is 0.0365. The third kappa shape index (κ3) is 4.11. The summed E-state index contributed by atoms with van der Waals surface area (Å²) in [4.78, 5) is 30.1. The van der Waals surface area contributed by atoms with E-state index in [1.807, 2.05) is 40.6 Å². The second-order valence-corrected chi connectivity index (χ2v) is 9.70. The molecule has 1 aliphatic carbocycles. The Bertz CT molecular complexity index is 856. The summed E-state index contributed by atoms with van der Waals surface area (Å²) in [6.45, 7) is 4.88. The van der Waals surface area contributed by atoms with Crippen molar-refractivity contribution in [3.8, 4) is 0 Å². The SMILES string of the molecule is CC(C)CN1C(=O)c2ccccc2C(C(=O)NC2CCCCC2)C1c1cccs1. The van der Waals surface area contributed by atoms with Crippen molar-refractivity contribution in [3.63, 3.8) is 0 Å². The molecule has 0 bridgehead atoms. The van der Waals surface area contributed by atoms with Crippen LogP contribution >= 0.6 is 11.3 Å². The quantitative estimate of drug-likeness (QED) is 0.742. The Morgan fingerprint density at radius 2 is 1.90 bits per heavy atom. The van der Waals surface area contributed by atoms with Crippen molar-refractivity contribution >= 4 is 23.2 Å². The van der Waals surface area contributed by atoms with E-state index in [9.17, 15) is 9.59 Å². The molecule has 1 aliphatic heterocycles. The molecule has 0 spiro atoms. The van der Waals surface area contributed by atoms with E-state index in [4.69, 9.17) is 0 Å². The lowest BCUT2D eigenvalue weighted by Gasteiger charge is -2.42. The van der Waals surface area contributed by atoms with E-state index in [1.165, 1.54) is 19.3 Å². The molecule has 4 rings (SSSR count). The van der Waals surface area contributed by atoms with Crippen molar-refractivity contribution in [2.45, 2.75) is 64.0 Å². The maximum atomic E-state index is 13.6. The Hall–Kier alpha value is -2.14. The Labute approximate surface area is 177 Å². The smallest absolute Gasteiger partial charge is 0.254 e. The number of carbonyl (C=O) groups is 2. The maximum absolute atomic E-state index is 13.6. The number of carbonyl (C=O) groups excluding carboxylic acids is 2. The summed E-state index contributed by atoms with van der Waals surface area (Å²) in [5, 5.41) is 5.37. The van der Waals surface area contributed by atoms with E-state index in [-0.39, 0.29) is 29.8 Å². The van der Waals surface area contributed by atoms with Crippen LogP contribution in [0.2, 0.25) is 0 Å². The number of fused-ring (bicyclic) bond motifs is 1. The zero-order valence-electron chi connectivity index (χ0n) is 17.3. The van der Waals surface area contributed by atoms with Gasteiger partial charge in [0, 0.05) is 23.0 Å². The molecule has 2 heterocycles. The first-order chi connectivity index (χ1) is 14.1. The lowest BCUT2D eigenvalue weighted by atomic mass is 9.80. The van der Waals surface area contributed by atoms with Gasteiger partial charge in [-0.25, -0.2) is 0 Å². The van der Waals surface area contributed by atoms with Crippen molar-refractivity contribution in [1.29, 1.82) is 0 Å². The number of amides is 2. The zero-order valence-corrected chi connectivity index (χ0v) is 18.1. The van der Waals surface area contributed by atoms with E-state index < -0.39 is 0 Å². The summed E-state index contributed by atoms with van der Waals surface area (Å²) in [6, 6.07) is 11.7. The Morgan fingerprint density at radius 1 is 1.14 bits per heavy atom. The van der Waals surface area contributed by atoms with Crippen molar-refractivity contribution < 1.29 is 9.59 Å². The van der Waals surface area contributed by atoms with Gasteiger partial charge in [0.05, 0.1) is 12.0 Å². The molecule has 2 amide bonds. The minimum Gasteiger partial charge on any atom is -0.353 e. The van der Waals surface area contributed by atoms with Crippen LogP contribution < -0.4 is 5.32 Å². The minimum atomic E-state index is -0.372. The number of rotatable bonds is 5. The summed E-state index contributed by atoms with van der Waals surface area (Å²) in [5.41, 5.74) is 1.54. The molecule has 0 saturated heterocycles. The highest BCUT2D eigenvalue weighted by atomic mass is 32.1. The second kappa shape index (κ2) is 8.70. The van der Waals surface area contributed by atoms with Gasteiger partial charge in [-0.1, -0.05) is 57.4 Å². The fourth-order valence-electron chi connectivity index (χ4n) is 4.78. The van der Waals surface area contributed by atoms with Crippen molar-refractivity contribution in [1.82, 2.24) is 10.2 Å². The van der Waals surface area contributed by atoms with Gasteiger partial charge in [-0.2, -0.15) is 0 Å². The molecule has 1 aromatic carbocycles. The number of benzene rings is 1. The van der Waals surface area contributed by atoms with Gasteiger partial charge in [0.25, 0.3) is 5.91 Å². The second-order valence-electron chi connectivity index (χ2n) is 8.72. The van der Waals surface area contributed by atoms with Crippen LogP contribution in [0.5, 0.6) is 0 Å². The molecule has 154 valence electrons. The highest BCUT2D eigenvalue weighted by Crippen LogP contribution is 2.44. The topological polar surface area (TPSA) is 49.4 Å². The van der Waals surface area contributed by atoms with Crippen molar-refractivity contribution in [2.75, 3.05) is 6.54 Å². The monoisotopic (exact) mass is 410 g/mol. The molecule has 2 atom stereocenters. The lowest BCUT2D eigenvalue weighted by Crippen LogP contribution is -2.50. The summed E-state index contributed by atoms with van der Waals surface area (Å²) in [7, 11) is 0. The number of hydrogen-bond acceptors (Lipinski definition) is 3. The van der Waals surface area contributed by atoms with Crippen molar-refractivity contribution in [3.05, 3.63) is 57.8 Å². The Kier molecular flexibility index (Phi) is 6.04. The van der Waals surface area contributed by atoms with E-state index in [1.54, 1.807) is 11.3 Å². The van der Waals surface area contributed by atoms with E-state index >= 15 is 0 Å². The molecule has 1 fully saturated rings. The van der Waals surface area contributed by atoms with Gasteiger partial charge in [0.2, 0.25) is 5.91 Å². The van der Waals surface area contributed by atoms with Crippen molar-refractivity contribution in [2.24, 2.45) is 5.92 Å². The van der Waals surface area contributed by atoms with Crippen LogP contribution in [0.4, 0.5) is 0 Å². The molecule has 5 heteroatoms. The lowest BCUT2D eigenvalue weighted by molar-refractivity contribution is -0.125. The van der Waals surface area contributed by atoms with E-state index in [0.717, 1.165) is 23.3 Å². The average Bonchev–Trinajstić information content (AvgIpc) is 3.24. The predicted octanol–water partition coefficient (Wildman–Crippen LogP) is 5.13. The Morgan fingerprint density at radius 3 is 2.59 bits per heavy atom. The number of nitrogens with zero attached hydrogens (tertiary/aromatic N) is 1. The molecule has 1 aromatic heterocycles. The van der Waals surface area contributed by atoms with Crippen LogP contribution in [0.25, 0.3) is 0 Å². The average molecular weight is 411 g/mol. The molecular weight excluding hydrogens is 380 g/mol. The summed E-state index contributed by atoms with van der Waals surface area (Å²) in [6.07, 6.45) is 5.72. The van der Waals surface area contributed by atoms with Gasteiger partial charge in [0.1, 0.15) is 0 Å². The van der Waals surface area contributed by atoms with Crippen LogP contribution in [0.1, 0.15) is 78.7 Å². The fraction of sp³-hybridized carbons (Fsp3) is 0.500. The third-order valence-electron chi connectivity index (χ3n) is 6.07. The highest BCUT2D eigenvalue weighted by Gasteiger charge is 2.44. The first kappa shape index (κ1) is 20.1. The third-order valence-corrected chi connectivity index (χ3v) is 7.01. The molecule has 0 radical (unpaired) electrons. The molecule has 4 nitrogen and oxygen atoms in total. The van der Waals surface area contributed by atoms with Crippen LogP contribution in [0, 0.1) is 5.92 Å². The molecule has 2 unspecified atom stereocenters. The van der Waals surface area contributed by atoms with Gasteiger partial charge in [-0.3, -0.25) is 9.59 Å². The molecule has 2 aromatic rings. The largest absolute Gasteiger partial charge is 0.353 e. The normalized spacial score (nSPS) is 22.6. The number of hydrogen-bond donors (Lipinski definition) is 1. The van der Waals surface area contributed by atoms with E-state index in [0.29, 0.717) is 18.0 Å².